The second kappa shape index (κ2) is 5.22. The van der Waals surface area contributed by atoms with Crippen LogP contribution in [0.5, 0.6) is 0 Å². The molecule has 0 spiro atoms. The number of carbonyl (C=O) groups excluding carboxylic acids is 1. The molecule has 0 fully saturated rings. The lowest BCUT2D eigenvalue weighted by Crippen LogP contribution is -1.94. The van der Waals surface area contributed by atoms with Gasteiger partial charge in [-0.15, -0.1) is 0 Å². The molecular formula is C12H8F2N2OS. The highest BCUT2D eigenvalue weighted by atomic mass is 32.2. The molecular weight excluding hydrogens is 258 g/mol. The summed E-state index contributed by atoms with van der Waals surface area (Å²) in [5, 5.41) is 0.256. The van der Waals surface area contributed by atoms with E-state index in [4.69, 9.17) is 0 Å². The highest BCUT2D eigenvalue weighted by Gasteiger charge is 2.14. The molecule has 18 heavy (non-hydrogen) atoms. The molecule has 0 aliphatic carbocycles. The maximum atomic E-state index is 13.6. The van der Waals surface area contributed by atoms with Gasteiger partial charge in [0.05, 0.1) is 4.90 Å². The van der Waals surface area contributed by atoms with Crippen LogP contribution in [0.3, 0.4) is 0 Å². The van der Waals surface area contributed by atoms with Crippen molar-refractivity contribution >= 4 is 18.0 Å². The Morgan fingerprint density at radius 1 is 1.28 bits per heavy atom. The third kappa shape index (κ3) is 2.70. The summed E-state index contributed by atoms with van der Waals surface area (Å²) in [5.74, 6) is -1.60. The predicted molar refractivity (Wildman–Crippen MR) is 62.6 cm³/mol. The predicted octanol–water partition coefficient (Wildman–Crippen LogP) is 3.03. The van der Waals surface area contributed by atoms with Gasteiger partial charge in [-0.2, -0.15) is 0 Å². The van der Waals surface area contributed by atoms with Crippen LogP contribution >= 0.6 is 11.8 Å². The van der Waals surface area contributed by atoms with Crippen molar-refractivity contribution in [3.8, 4) is 0 Å². The minimum absolute atomic E-state index is 0.0421. The van der Waals surface area contributed by atoms with Crippen LogP contribution < -0.4 is 0 Å². The van der Waals surface area contributed by atoms with Crippen LogP contribution in [0, 0.1) is 18.6 Å². The topological polar surface area (TPSA) is 42.9 Å². The fourth-order valence-corrected chi connectivity index (χ4v) is 2.11. The third-order valence-electron chi connectivity index (χ3n) is 2.12. The Kier molecular flexibility index (Phi) is 3.66. The van der Waals surface area contributed by atoms with Crippen LogP contribution in [-0.4, -0.2) is 16.3 Å². The summed E-state index contributed by atoms with van der Waals surface area (Å²) < 4.78 is 27.2. The monoisotopic (exact) mass is 266 g/mol. The van der Waals surface area contributed by atoms with Gasteiger partial charge in [-0.1, -0.05) is 0 Å². The first-order valence-electron chi connectivity index (χ1n) is 5.02. The molecule has 1 aromatic heterocycles. The number of hydrogen-bond acceptors (Lipinski definition) is 4. The van der Waals surface area contributed by atoms with Gasteiger partial charge in [0.1, 0.15) is 17.9 Å². The Labute approximate surface area is 106 Å². The van der Waals surface area contributed by atoms with Gasteiger partial charge in [-0.25, -0.2) is 18.7 Å². The Morgan fingerprint density at radius 2 is 1.94 bits per heavy atom. The Hall–Kier alpha value is -1.82. The molecule has 6 heteroatoms. The lowest BCUT2D eigenvalue weighted by molar-refractivity contribution is 0.112. The molecule has 0 amide bonds. The van der Waals surface area contributed by atoms with E-state index in [0.717, 1.165) is 23.9 Å². The summed E-state index contributed by atoms with van der Waals surface area (Å²) in [6, 6.07) is 3.65. The van der Waals surface area contributed by atoms with Crippen molar-refractivity contribution in [3.63, 3.8) is 0 Å². The number of rotatable bonds is 3. The second-order valence-corrected chi connectivity index (χ2v) is 4.49. The van der Waals surface area contributed by atoms with Crippen LogP contribution in [0.2, 0.25) is 0 Å². The quantitative estimate of drug-likeness (QED) is 0.632. The normalized spacial score (nSPS) is 10.4. The number of nitrogens with zero attached hydrogens (tertiary/aromatic N) is 2. The maximum absolute atomic E-state index is 13.6. The molecule has 1 aromatic carbocycles. The highest BCUT2D eigenvalue weighted by Crippen LogP contribution is 2.30. The number of hydrogen-bond donors (Lipinski definition) is 0. The number of carbonyl (C=O) groups is 1. The largest absolute Gasteiger partial charge is 0.298 e. The van der Waals surface area contributed by atoms with Crippen molar-refractivity contribution in [3.05, 3.63) is 47.3 Å². The van der Waals surface area contributed by atoms with Crippen LogP contribution in [0.1, 0.15) is 16.1 Å². The fraction of sp³-hybridized carbons (Fsp3) is 0.0833. The van der Waals surface area contributed by atoms with Gasteiger partial charge in [-0.3, -0.25) is 4.79 Å². The van der Waals surface area contributed by atoms with Crippen molar-refractivity contribution in [2.45, 2.75) is 17.0 Å². The van der Waals surface area contributed by atoms with E-state index in [9.17, 15) is 13.6 Å². The maximum Gasteiger partial charge on any atom is 0.192 e. The summed E-state index contributed by atoms with van der Waals surface area (Å²) in [6.07, 6.45) is 1.91. The lowest BCUT2D eigenvalue weighted by atomic mass is 10.2. The van der Waals surface area contributed by atoms with E-state index in [2.05, 4.69) is 9.97 Å². The lowest BCUT2D eigenvalue weighted by Gasteiger charge is -2.04. The molecule has 0 bridgehead atoms. The molecule has 0 atom stereocenters. The molecule has 0 N–H and O–H groups in total. The first kappa shape index (κ1) is 12.6. The third-order valence-corrected chi connectivity index (χ3v) is 3.10. The molecule has 0 unspecified atom stereocenters. The van der Waals surface area contributed by atoms with Gasteiger partial charge in [0.2, 0.25) is 0 Å². The second-order valence-electron chi connectivity index (χ2n) is 3.51. The number of aromatic nitrogens is 2. The molecule has 1 heterocycles. The van der Waals surface area contributed by atoms with E-state index in [1.807, 2.05) is 0 Å². The molecule has 0 radical (unpaired) electrons. The van der Waals surface area contributed by atoms with Crippen molar-refractivity contribution < 1.29 is 13.6 Å². The molecule has 0 aliphatic heterocycles. The summed E-state index contributed by atoms with van der Waals surface area (Å²) in [6.45, 7) is 1.76. The van der Waals surface area contributed by atoms with Crippen molar-refractivity contribution in [1.82, 2.24) is 9.97 Å². The fourth-order valence-electron chi connectivity index (χ4n) is 1.31. The number of aryl methyl sites for hydroxylation is 1. The average Bonchev–Trinajstić information content (AvgIpc) is 2.33. The molecule has 3 nitrogen and oxygen atoms in total. The minimum atomic E-state index is -0.799. The zero-order chi connectivity index (χ0) is 13.1. The molecule has 0 saturated carbocycles. The van der Waals surface area contributed by atoms with Gasteiger partial charge < -0.3 is 0 Å². The number of halogens is 2. The zero-order valence-corrected chi connectivity index (χ0v) is 10.2. The van der Waals surface area contributed by atoms with E-state index < -0.39 is 11.6 Å². The molecule has 2 aromatic rings. The van der Waals surface area contributed by atoms with Gasteiger partial charge in [0.25, 0.3) is 0 Å². The molecule has 0 saturated heterocycles. The standard InChI is InChI=1S/C12H8F2N2OS/c1-7-2-3-15-12(16-7)18-11-9(13)4-8(6-17)5-10(11)14/h2-6H,1H3. The first-order valence-corrected chi connectivity index (χ1v) is 5.83. The molecule has 92 valence electrons. The average molecular weight is 266 g/mol. The van der Waals surface area contributed by atoms with Crippen LogP contribution in [0.25, 0.3) is 0 Å². The Balaban J connectivity index is 2.37. The van der Waals surface area contributed by atoms with E-state index in [1.54, 1.807) is 13.0 Å². The van der Waals surface area contributed by atoms with Crippen LogP contribution in [0.4, 0.5) is 8.78 Å². The summed E-state index contributed by atoms with van der Waals surface area (Å²) in [7, 11) is 0. The minimum Gasteiger partial charge on any atom is -0.298 e. The summed E-state index contributed by atoms with van der Waals surface area (Å²) in [4.78, 5) is 18.2. The summed E-state index contributed by atoms with van der Waals surface area (Å²) >= 11 is 0.786. The number of benzene rings is 1. The van der Waals surface area contributed by atoms with Crippen molar-refractivity contribution in [2.24, 2.45) is 0 Å². The Bertz CT molecular complexity index is 581. The smallest absolute Gasteiger partial charge is 0.192 e. The molecule has 0 aliphatic rings. The van der Waals surface area contributed by atoms with E-state index >= 15 is 0 Å². The van der Waals surface area contributed by atoms with Gasteiger partial charge in [0.15, 0.2) is 5.16 Å². The summed E-state index contributed by atoms with van der Waals surface area (Å²) in [5.41, 5.74) is 0.664. The first-order chi connectivity index (χ1) is 8.60. The van der Waals surface area contributed by atoms with Gasteiger partial charge in [-0.05, 0) is 36.9 Å². The number of aldehydes is 1. The molecule has 2 rings (SSSR count). The highest BCUT2D eigenvalue weighted by molar-refractivity contribution is 7.99. The van der Waals surface area contributed by atoms with Gasteiger partial charge in [0, 0.05) is 17.5 Å². The van der Waals surface area contributed by atoms with Crippen molar-refractivity contribution in [2.75, 3.05) is 0 Å². The van der Waals surface area contributed by atoms with Crippen LogP contribution in [-0.2, 0) is 0 Å². The zero-order valence-electron chi connectivity index (χ0n) is 9.35. The van der Waals surface area contributed by atoms with E-state index in [0.29, 0.717) is 12.0 Å². The SMILES string of the molecule is Cc1ccnc(Sc2c(F)cc(C=O)cc2F)n1. The van der Waals surface area contributed by atoms with Gasteiger partial charge >= 0.3 is 0 Å². The Morgan fingerprint density at radius 3 is 2.50 bits per heavy atom. The van der Waals surface area contributed by atoms with E-state index in [-0.39, 0.29) is 15.6 Å². The van der Waals surface area contributed by atoms with Crippen molar-refractivity contribution in [1.29, 1.82) is 0 Å². The van der Waals surface area contributed by atoms with E-state index in [1.165, 1.54) is 6.20 Å². The van der Waals surface area contributed by atoms with Crippen LogP contribution in [0.15, 0.2) is 34.4 Å².